The van der Waals surface area contributed by atoms with Gasteiger partial charge in [-0.05, 0) is 42.5 Å². The first-order chi connectivity index (χ1) is 9.47. The summed E-state index contributed by atoms with van der Waals surface area (Å²) in [6.45, 7) is 0. The number of nitrogen functional groups attached to an aromatic ring is 1. The lowest BCUT2D eigenvalue weighted by molar-refractivity contribution is 0.102. The highest BCUT2D eigenvalue weighted by molar-refractivity contribution is 6.34. The molecular formula is C15H16ClN3O. The smallest absolute Gasteiger partial charge is 0.257 e. The Balaban J connectivity index is 2.17. The molecule has 0 radical (unpaired) electrons. The van der Waals surface area contributed by atoms with Gasteiger partial charge in [0.1, 0.15) is 0 Å². The highest BCUT2D eigenvalue weighted by atomic mass is 35.5. The molecule has 0 unspecified atom stereocenters. The molecule has 0 fully saturated rings. The molecular weight excluding hydrogens is 274 g/mol. The fourth-order valence-corrected chi connectivity index (χ4v) is 1.96. The van der Waals surface area contributed by atoms with Crippen molar-refractivity contribution in [3.05, 3.63) is 53.1 Å². The number of nitrogens with two attached hydrogens (primary N) is 1. The van der Waals surface area contributed by atoms with Gasteiger partial charge in [-0.1, -0.05) is 11.6 Å². The Morgan fingerprint density at radius 2 is 1.80 bits per heavy atom. The first kappa shape index (κ1) is 14.2. The van der Waals surface area contributed by atoms with Crippen molar-refractivity contribution in [1.29, 1.82) is 0 Å². The van der Waals surface area contributed by atoms with Crippen LogP contribution in [0.4, 0.5) is 17.1 Å². The number of amides is 1. The molecule has 0 spiro atoms. The molecule has 1 amide bonds. The highest BCUT2D eigenvalue weighted by Gasteiger charge is 2.11. The molecule has 2 rings (SSSR count). The topological polar surface area (TPSA) is 58.4 Å². The number of carbonyl (C=O) groups excluding carboxylic acids is 1. The van der Waals surface area contributed by atoms with Crippen LogP contribution in [0.1, 0.15) is 10.4 Å². The Morgan fingerprint density at radius 1 is 1.15 bits per heavy atom. The third-order valence-electron chi connectivity index (χ3n) is 2.88. The van der Waals surface area contributed by atoms with E-state index in [1.165, 1.54) is 0 Å². The minimum Gasteiger partial charge on any atom is -0.399 e. The molecule has 3 N–H and O–H groups in total. The number of hydrogen-bond acceptors (Lipinski definition) is 3. The van der Waals surface area contributed by atoms with Crippen molar-refractivity contribution in [2.45, 2.75) is 0 Å². The minimum atomic E-state index is -0.278. The first-order valence-electron chi connectivity index (χ1n) is 6.11. The monoisotopic (exact) mass is 289 g/mol. The van der Waals surface area contributed by atoms with Gasteiger partial charge >= 0.3 is 0 Å². The van der Waals surface area contributed by atoms with Crippen LogP contribution in [0, 0.1) is 0 Å². The predicted octanol–water partition coefficient (Wildman–Crippen LogP) is 3.24. The van der Waals surface area contributed by atoms with Gasteiger partial charge in [0.2, 0.25) is 0 Å². The Kier molecular flexibility index (Phi) is 4.15. The Labute approximate surface area is 123 Å². The highest BCUT2D eigenvalue weighted by Crippen LogP contribution is 2.21. The number of anilines is 3. The van der Waals surface area contributed by atoms with Crippen LogP contribution in [0.2, 0.25) is 5.02 Å². The van der Waals surface area contributed by atoms with Gasteiger partial charge < -0.3 is 16.0 Å². The zero-order valence-corrected chi connectivity index (χ0v) is 12.1. The van der Waals surface area contributed by atoms with Gasteiger partial charge in [0.15, 0.2) is 0 Å². The molecule has 0 saturated carbocycles. The van der Waals surface area contributed by atoms with E-state index in [0.29, 0.717) is 22.0 Å². The van der Waals surface area contributed by atoms with Crippen molar-refractivity contribution in [3.8, 4) is 0 Å². The fourth-order valence-electron chi connectivity index (χ4n) is 1.76. The quantitative estimate of drug-likeness (QED) is 0.853. The van der Waals surface area contributed by atoms with Crippen LogP contribution in [-0.2, 0) is 0 Å². The van der Waals surface area contributed by atoms with Crippen LogP contribution in [0.3, 0.4) is 0 Å². The first-order valence-corrected chi connectivity index (χ1v) is 6.49. The summed E-state index contributed by atoms with van der Waals surface area (Å²) in [5.74, 6) is -0.278. The van der Waals surface area contributed by atoms with E-state index in [9.17, 15) is 4.79 Å². The van der Waals surface area contributed by atoms with Crippen LogP contribution in [0.25, 0.3) is 0 Å². The van der Waals surface area contributed by atoms with Gasteiger partial charge in [-0.2, -0.15) is 0 Å². The van der Waals surface area contributed by atoms with Crippen LogP contribution in [-0.4, -0.2) is 20.0 Å². The van der Waals surface area contributed by atoms with Crippen molar-refractivity contribution in [2.75, 3.05) is 30.0 Å². The predicted molar refractivity (Wildman–Crippen MR) is 84.6 cm³/mol. The van der Waals surface area contributed by atoms with Crippen molar-refractivity contribution < 1.29 is 4.79 Å². The molecule has 0 atom stereocenters. The molecule has 0 aliphatic heterocycles. The molecule has 2 aromatic carbocycles. The van der Waals surface area contributed by atoms with Crippen molar-refractivity contribution in [3.63, 3.8) is 0 Å². The summed E-state index contributed by atoms with van der Waals surface area (Å²) in [6, 6.07) is 12.4. The van der Waals surface area contributed by atoms with Crippen LogP contribution >= 0.6 is 11.6 Å². The minimum absolute atomic E-state index is 0.278. The van der Waals surface area contributed by atoms with Gasteiger partial charge in [0.05, 0.1) is 10.6 Å². The van der Waals surface area contributed by atoms with Crippen LogP contribution in [0.15, 0.2) is 42.5 Å². The molecule has 0 aromatic heterocycles. The zero-order valence-electron chi connectivity index (χ0n) is 11.4. The summed E-state index contributed by atoms with van der Waals surface area (Å²) >= 11 is 6.00. The van der Waals surface area contributed by atoms with Crippen molar-refractivity contribution in [1.82, 2.24) is 0 Å². The van der Waals surface area contributed by atoms with E-state index in [1.54, 1.807) is 18.2 Å². The average Bonchev–Trinajstić information content (AvgIpc) is 2.42. The molecule has 2 aromatic rings. The van der Waals surface area contributed by atoms with E-state index in [1.807, 2.05) is 43.3 Å². The molecule has 0 bridgehead atoms. The molecule has 5 heteroatoms. The maximum Gasteiger partial charge on any atom is 0.257 e. The van der Waals surface area contributed by atoms with E-state index >= 15 is 0 Å². The maximum atomic E-state index is 12.1. The van der Waals surface area contributed by atoms with E-state index in [-0.39, 0.29) is 5.91 Å². The summed E-state index contributed by atoms with van der Waals surface area (Å²) in [4.78, 5) is 14.1. The van der Waals surface area contributed by atoms with Gasteiger partial charge in [-0.15, -0.1) is 0 Å². The Morgan fingerprint density at radius 3 is 2.40 bits per heavy atom. The normalized spacial score (nSPS) is 10.2. The lowest BCUT2D eigenvalue weighted by atomic mass is 10.2. The molecule has 20 heavy (non-hydrogen) atoms. The second-order valence-electron chi connectivity index (χ2n) is 4.63. The number of benzene rings is 2. The standard InChI is InChI=1S/C15H16ClN3O/c1-19(2)12-6-4-11(5-7-12)18-15(20)13-9-10(17)3-8-14(13)16/h3-9H,17H2,1-2H3,(H,18,20). The van der Waals surface area contributed by atoms with E-state index in [0.717, 1.165) is 5.69 Å². The molecule has 0 heterocycles. The SMILES string of the molecule is CN(C)c1ccc(NC(=O)c2cc(N)ccc2Cl)cc1. The number of rotatable bonds is 3. The van der Waals surface area contributed by atoms with E-state index in [2.05, 4.69) is 5.32 Å². The van der Waals surface area contributed by atoms with Gasteiger partial charge in [-0.3, -0.25) is 4.79 Å². The summed E-state index contributed by atoms with van der Waals surface area (Å²) < 4.78 is 0. The zero-order chi connectivity index (χ0) is 14.7. The summed E-state index contributed by atoms with van der Waals surface area (Å²) in [5.41, 5.74) is 8.30. The number of hydrogen-bond donors (Lipinski definition) is 2. The average molecular weight is 290 g/mol. The molecule has 0 aliphatic rings. The van der Waals surface area contributed by atoms with Crippen LogP contribution in [0.5, 0.6) is 0 Å². The summed E-state index contributed by atoms with van der Waals surface area (Å²) in [7, 11) is 3.92. The number of nitrogens with one attached hydrogen (secondary N) is 1. The number of nitrogens with zero attached hydrogens (tertiary/aromatic N) is 1. The second-order valence-corrected chi connectivity index (χ2v) is 5.04. The van der Waals surface area contributed by atoms with Gasteiger partial charge in [0.25, 0.3) is 5.91 Å². The summed E-state index contributed by atoms with van der Waals surface area (Å²) in [5, 5.41) is 3.17. The van der Waals surface area contributed by atoms with Crippen molar-refractivity contribution >= 4 is 34.6 Å². The largest absolute Gasteiger partial charge is 0.399 e. The maximum absolute atomic E-state index is 12.1. The van der Waals surface area contributed by atoms with Crippen LogP contribution < -0.4 is 16.0 Å². The molecule has 0 aliphatic carbocycles. The third kappa shape index (κ3) is 3.22. The molecule has 4 nitrogen and oxygen atoms in total. The Hall–Kier alpha value is -2.20. The lowest BCUT2D eigenvalue weighted by Crippen LogP contribution is -2.13. The summed E-state index contributed by atoms with van der Waals surface area (Å²) in [6.07, 6.45) is 0. The fraction of sp³-hybridized carbons (Fsp3) is 0.133. The number of carbonyl (C=O) groups is 1. The second kappa shape index (κ2) is 5.84. The van der Waals surface area contributed by atoms with Gasteiger partial charge in [0, 0.05) is 31.2 Å². The van der Waals surface area contributed by atoms with Gasteiger partial charge in [-0.25, -0.2) is 0 Å². The van der Waals surface area contributed by atoms with Crippen molar-refractivity contribution in [2.24, 2.45) is 0 Å². The lowest BCUT2D eigenvalue weighted by Gasteiger charge is -2.13. The van der Waals surface area contributed by atoms with E-state index < -0.39 is 0 Å². The Bertz CT molecular complexity index is 624. The number of halogens is 1. The van der Waals surface area contributed by atoms with E-state index in [4.69, 9.17) is 17.3 Å². The molecule has 104 valence electrons. The molecule has 0 saturated heterocycles. The third-order valence-corrected chi connectivity index (χ3v) is 3.21.